The van der Waals surface area contributed by atoms with Gasteiger partial charge in [0.05, 0.1) is 14.2 Å². The Morgan fingerprint density at radius 3 is 2.53 bits per heavy atom. The van der Waals surface area contributed by atoms with Crippen LogP contribution in [-0.4, -0.2) is 20.5 Å². The van der Waals surface area contributed by atoms with Crippen LogP contribution in [0.25, 0.3) is 0 Å². The quantitative estimate of drug-likeness (QED) is 0.742. The smallest absolute Gasteiger partial charge is 0.161 e. The Bertz CT molecular complexity index is 339. The summed E-state index contributed by atoms with van der Waals surface area (Å²) in [5.41, 5.74) is 6.65. The van der Waals surface area contributed by atoms with E-state index >= 15 is 0 Å². The Balaban J connectivity index is 2.96. The Morgan fingerprint density at radius 2 is 2.00 bits per heavy atom. The van der Waals surface area contributed by atoms with E-state index in [1.807, 2.05) is 6.07 Å². The van der Waals surface area contributed by atoms with E-state index in [0.717, 1.165) is 11.8 Å². The summed E-state index contributed by atoms with van der Waals surface area (Å²) in [6, 6.07) is 5.10. The monoisotopic (exact) mass is 209 g/mol. The topological polar surface area (TPSA) is 61.5 Å². The second-order valence-corrected chi connectivity index (χ2v) is 3.12. The lowest BCUT2D eigenvalue weighted by Crippen LogP contribution is -2.10. The van der Waals surface area contributed by atoms with E-state index < -0.39 is 0 Å². The van der Waals surface area contributed by atoms with Crippen molar-refractivity contribution in [3.63, 3.8) is 0 Å². The summed E-state index contributed by atoms with van der Waals surface area (Å²) < 4.78 is 10.2. The summed E-state index contributed by atoms with van der Waals surface area (Å²) in [5.74, 6) is 1.27. The molecule has 0 saturated carbocycles. The van der Waals surface area contributed by atoms with Crippen molar-refractivity contribution in [2.75, 3.05) is 14.2 Å². The lowest BCUT2D eigenvalue weighted by Gasteiger charge is -2.12. The summed E-state index contributed by atoms with van der Waals surface area (Å²) in [5, 5.41) is 0. The molecule has 1 atom stereocenters. The van der Waals surface area contributed by atoms with Gasteiger partial charge in [0.1, 0.15) is 6.29 Å². The highest BCUT2D eigenvalue weighted by Gasteiger charge is 2.09. The number of hydrogen-bond donors (Lipinski definition) is 1. The summed E-state index contributed by atoms with van der Waals surface area (Å²) in [6.45, 7) is 0. The molecule has 4 nitrogen and oxygen atoms in total. The number of benzene rings is 1. The summed E-state index contributed by atoms with van der Waals surface area (Å²) >= 11 is 0. The van der Waals surface area contributed by atoms with Crippen molar-refractivity contribution in [2.24, 2.45) is 5.73 Å². The van der Waals surface area contributed by atoms with Gasteiger partial charge in [0.2, 0.25) is 0 Å². The van der Waals surface area contributed by atoms with E-state index in [-0.39, 0.29) is 6.04 Å². The van der Waals surface area contributed by atoms with Gasteiger partial charge >= 0.3 is 0 Å². The fourth-order valence-corrected chi connectivity index (χ4v) is 1.32. The SMILES string of the molecule is COc1ccc([C@H](N)CC=O)cc1OC. The zero-order valence-electron chi connectivity index (χ0n) is 8.90. The molecule has 0 aromatic heterocycles. The molecular weight excluding hydrogens is 194 g/mol. The summed E-state index contributed by atoms with van der Waals surface area (Å²) in [6.07, 6.45) is 1.11. The van der Waals surface area contributed by atoms with Crippen LogP contribution in [0.2, 0.25) is 0 Å². The molecule has 1 rings (SSSR count). The molecule has 0 bridgehead atoms. The van der Waals surface area contributed by atoms with Crippen molar-refractivity contribution in [1.82, 2.24) is 0 Å². The number of carbonyl (C=O) groups is 1. The van der Waals surface area contributed by atoms with E-state index in [2.05, 4.69) is 0 Å². The van der Waals surface area contributed by atoms with Gasteiger partial charge < -0.3 is 20.0 Å². The van der Waals surface area contributed by atoms with Gasteiger partial charge in [-0.25, -0.2) is 0 Å². The first-order valence-electron chi connectivity index (χ1n) is 4.64. The first kappa shape index (κ1) is 11.5. The molecule has 0 saturated heterocycles. The van der Waals surface area contributed by atoms with Crippen LogP contribution in [0, 0.1) is 0 Å². The highest BCUT2D eigenvalue weighted by Crippen LogP contribution is 2.29. The van der Waals surface area contributed by atoms with Crippen molar-refractivity contribution in [2.45, 2.75) is 12.5 Å². The van der Waals surface area contributed by atoms with Crippen LogP contribution in [0.1, 0.15) is 18.0 Å². The first-order valence-corrected chi connectivity index (χ1v) is 4.64. The Labute approximate surface area is 89.0 Å². The number of nitrogens with two attached hydrogens (primary N) is 1. The van der Waals surface area contributed by atoms with Gasteiger partial charge in [-0.15, -0.1) is 0 Å². The third-order valence-electron chi connectivity index (χ3n) is 2.19. The van der Waals surface area contributed by atoms with Gasteiger partial charge in [-0.05, 0) is 17.7 Å². The minimum atomic E-state index is -0.290. The molecule has 1 aromatic carbocycles. The van der Waals surface area contributed by atoms with Crippen molar-refractivity contribution in [1.29, 1.82) is 0 Å². The summed E-state index contributed by atoms with van der Waals surface area (Å²) in [4.78, 5) is 10.3. The average molecular weight is 209 g/mol. The van der Waals surface area contributed by atoms with E-state index in [9.17, 15) is 4.79 Å². The second kappa shape index (κ2) is 5.36. The van der Waals surface area contributed by atoms with Gasteiger partial charge in [0.15, 0.2) is 11.5 Å². The van der Waals surface area contributed by atoms with Crippen molar-refractivity contribution < 1.29 is 14.3 Å². The van der Waals surface area contributed by atoms with Crippen LogP contribution in [0.4, 0.5) is 0 Å². The van der Waals surface area contributed by atoms with Crippen LogP contribution < -0.4 is 15.2 Å². The number of ether oxygens (including phenoxy) is 2. The molecule has 4 heteroatoms. The Morgan fingerprint density at radius 1 is 1.33 bits per heavy atom. The normalized spacial score (nSPS) is 11.9. The number of carbonyl (C=O) groups excluding carboxylic acids is 1. The van der Waals surface area contributed by atoms with Crippen LogP contribution >= 0.6 is 0 Å². The van der Waals surface area contributed by atoms with Crippen LogP contribution in [0.3, 0.4) is 0 Å². The molecule has 0 aliphatic carbocycles. The van der Waals surface area contributed by atoms with Crippen molar-refractivity contribution in [3.05, 3.63) is 23.8 Å². The first-order chi connectivity index (χ1) is 7.22. The number of aldehydes is 1. The van der Waals surface area contributed by atoms with E-state index in [1.54, 1.807) is 26.4 Å². The number of rotatable bonds is 5. The van der Waals surface area contributed by atoms with Gasteiger partial charge in [-0.3, -0.25) is 0 Å². The predicted octanol–water partition coefficient (Wildman–Crippen LogP) is 1.29. The van der Waals surface area contributed by atoms with Gasteiger partial charge in [0.25, 0.3) is 0 Å². The fraction of sp³-hybridized carbons (Fsp3) is 0.364. The third-order valence-corrected chi connectivity index (χ3v) is 2.19. The van der Waals surface area contributed by atoms with Gasteiger partial charge in [-0.1, -0.05) is 6.07 Å². The predicted molar refractivity (Wildman–Crippen MR) is 57.2 cm³/mol. The maximum absolute atomic E-state index is 10.3. The standard InChI is InChI=1S/C11H15NO3/c1-14-10-4-3-8(7-11(10)15-2)9(12)5-6-13/h3-4,6-7,9H,5,12H2,1-2H3/t9-/m1/s1. The summed E-state index contributed by atoms with van der Waals surface area (Å²) in [7, 11) is 3.13. The van der Waals surface area contributed by atoms with Crippen LogP contribution in [-0.2, 0) is 4.79 Å². The molecule has 0 aliphatic rings. The van der Waals surface area contributed by atoms with Gasteiger partial charge in [0, 0.05) is 12.5 Å². The molecule has 0 fully saturated rings. The van der Waals surface area contributed by atoms with Crippen LogP contribution in [0.5, 0.6) is 11.5 Å². The van der Waals surface area contributed by atoms with E-state index in [0.29, 0.717) is 17.9 Å². The molecule has 2 N–H and O–H groups in total. The van der Waals surface area contributed by atoms with Gasteiger partial charge in [-0.2, -0.15) is 0 Å². The molecule has 82 valence electrons. The zero-order valence-corrected chi connectivity index (χ0v) is 8.90. The third kappa shape index (κ3) is 2.70. The molecule has 1 aromatic rings. The molecule has 0 spiro atoms. The molecule has 0 aliphatic heterocycles. The fourth-order valence-electron chi connectivity index (χ4n) is 1.32. The number of hydrogen-bond acceptors (Lipinski definition) is 4. The van der Waals surface area contributed by atoms with Crippen molar-refractivity contribution >= 4 is 6.29 Å². The highest BCUT2D eigenvalue weighted by atomic mass is 16.5. The highest BCUT2D eigenvalue weighted by molar-refractivity contribution is 5.52. The van der Waals surface area contributed by atoms with Crippen LogP contribution in [0.15, 0.2) is 18.2 Å². The van der Waals surface area contributed by atoms with Crippen molar-refractivity contribution in [3.8, 4) is 11.5 Å². The molecule has 0 heterocycles. The average Bonchev–Trinajstić information content (AvgIpc) is 2.28. The van der Waals surface area contributed by atoms with E-state index in [1.165, 1.54) is 0 Å². The molecule has 15 heavy (non-hydrogen) atoms. The molecule has 0 unspecified atom stereocenters. The molecular formula is C11H15NO3. The molecule has 0 amide bonds. The number of methoxy groups -OCH3 is 2. The Kier molecular flexibility index (Phi) is 4.12. The lowest BCUT2D eigenvalue weighted by molar-refractivity contribution is -0.108. The second-order valence-electron chi connectivity index (χ2n) is 3.12. The lowest BCUT2D eigenvalue weighted by atomic mass is 10.0. The Hall–Kier alpha value is -1.55. The minimum Gasteiger partial charge on any atom is -0.493 e. The minimum absolute atomic E-state index is 0.290. The largest absolute Gasteiger partial charge is 0.493 e. The molecule has 0 radical (unpaired) electrons. The maximum atomic E-state index is 10.3. The maximum Gasteiger partial charge on any atom is 0.161 e. The zero-order chi connectivity index (χ0) is 11.3. The van der Waals surface area contributed by atoms with E-state index in [4.69, 9.17) is 15.2 Å².